The molecule has 2 fully saturated rings. The highest BCUT2D eigenvalue weighted by Crippen LogP contribution is 2.40. The fourth-order valence-corrected chi connectivity index (χ4v) is 4.82. The van der Waals surface area contributed by atoms with E-state index in [1.54, 1.807) is 12.4 Å². The monoisotopic (exact) mass is 406 g/mol. The van der Waals surface area contributed by atoms with E-state index >= 15 is 0 Å². The lowest BCUT2D eigenvalue weighted by molar-refractivity contribution is -0.164. The average Bonchev–Trinajstić information content (AvgIpc) is 2.74. The quantitative estimate of drug-likeness (QED) is 0.511. The van der Waals surface area contributed by atoms with Crippen molar-refractivity contribution in [2.24, 2.45) is 5.41 Å². The lowest BCUT2D eigenvalue weighted by Gasteiger charge is -2.42. The number of amides is 1. The first-order valence-corrected chi connectivity index (χ1v) is 11.2. The number of piperidine rings is 1. The van der Waals surface area contributed by atoms with E-state index in [-0.39, 0.29) is 18.0 Å². The summed E-state index contributed by atoms with van der Waals surface area (Å²) in [6.45, 7) is 4.21. The summed E-state index contributed by atoms with van der Waals surface area (Å²) in [5.41, 5.74) is -0.521. The van der Waals surface area contributed by atoms with Gasteiger partial charge in [-0.2, -0.15) is 0 Å². The second kappa shape index (κ2) is 10.3. The summed E-state index contributed by atoms with van der Waals surface area (Å²) < 4.78 is 11.3. The Labute approximate surface area is 171 Å². The number of pyridine rings is 1. The van der Waals surface area contributed by atoms with Gasteiger partial charge in [0, 0.05) is 37.0 Å². The number of nitrogens with zero attached hydrogens (tertiary/aromatic N) is 2. The predicted octanol–water partition coefficient (Wildman–Crippen LogP) is 3.30. The molecular formula is C21H30N2O4S. The predicted molar refractivity (Wildman–Crippen MR) is 108 cm³/mol. The fourth-order valence-electron chi connectivity index (χ4n) is 4.03. The molecule has 1 amide bonds. The van der Waals surface area contributed by atoms with Gasteiger partial charge >= 0.3 is 5.97 Å². The van der Waals surface area contributed by atoms with Gasteiger partial charge in [0.2, 0.25) is 5.91 Å². The third-order valence-electron chi connectivity index (χ3n) is 5.69. The Balaban J connectivity index is 1.56. The van der Waals surface area contributed by atoms with Crippen molar-refractivity contribution < 1.29 is 19.1 Å². The van der Waals surface area contributed by atoms with Crippen LogP contribution < -0.4 is 0 Å². The molecule has 0 radical (unpaired) electrons. The molecule has 0 aliphatic carbocycles. The molecule has 3 heterocycles. The molecule has 6 nitrogen and oxygen atoms in total. The van der Waals surface area contributed by atoms with Gasteiger partial charge in [0.25, 0.3) is 0 Å². The molecule has 28 heavy (non-hydrogen) atoms. The molecule has 1 unspecified atom stereocenters. The summed E-state index contributed by atoms with van der Waals surface area (Å²) in [6, 6.07) is 3.81. The summed E-state index contributed by atoms with van der Waals surface area (Å²) in [5.74, 6) is 0.401. The highest BCUT2D eigenvalue weighted by atomic mass is 32.2. The van der Waals surface area contributed by atoms with Gasteiger partial charge in [-0.3, -0.25) is 14.6 Å². The van der Waals surface area contributed by atoms with Crippen molar-refractivity contribution in [2.75, 3.05) is 32.1 Å². The normalized spacial score (nSPS) is 21.9. The van der Waals surface area contributed by atoms with E-state index in [1.165, 1.54) is 11.8 Å². The molecule has 2 saturated heterocycles. The van der Waals surface area contributed by atoms with Crippen molar-refractivity contribution in [3.63, 3.8) is 0 Å². The van der Waals surface area contributed by atoms with Crippen LogP contribution in [-0.2, 0) is 19.1 Å². The molecule has 3 rings (SSSR count). The largest absolute Gasteiger partial charge is 0.466 e. The second-order valence-corrected chi connectivity index (χ2v) is 8.59. The Bertz CT molecular complexity index is 641. The molecule has 1 aromatic heterocycles. The number of ether oxygens (including phenoxy) is 2. The maximum Gasteiger partial charge on any atom is 0.312 e. The van der Waals surface area contributed by atoms with Gasteiger partial charge in [-0.05, 0) is 57.6 Å². The van der Waals surface area contributed by atoms with Crippen LogP contribution in [0.3, 0.4) is 0 Å². The minimum Gasteiger partial charge on any atom is -0.466 e. The van der Waals surface area contributed by atoms with E-state index in [0.29, 0.717) is 44.7 Å². The van der Waals surface area contributed by atoms with Gasteiger partial charge in [-0.1, -0.05) is 0 Å². The van der Waals surface area contributed by atoms with Crippen LogP contribution in [0.1, 0.15) is 45.4 Å². The van der Waals surface area contributed by atoms with E-state index in [9.17, 15) is 9.59 Å². The van der Waals surface area contributed by atoms with Crippen LogP contribution in [-0.4, -0.2) is 59.9 Å². The van der Waals surface area contributed by atoms with Gasteiger partial charge < -0.3 is 14.4 Å². The van der Waals surface area contributed by atoms with E-state index in [2.05, 4.69) is 4.98 Å². The van der Waals surface area contributed by atoms with Crippen molar-refractivity contribution >= 4 is 23.6 Å². The maximum absolute atomic E-state index is 12.8. The molecule has 154 valence electrons. The zero-order chi connectivity index (χ0) is 19.8. The first-order valence-electron chi connectivity index (χ1n) is 10.2. The van der Waals surface area contributed by atoms with E-state index in [0.717, 1.165) is 30.8 Å². The number of carbonyl (C=O) groups excluding carboxylic acids is 2. The Morgan fingerprint density at radius 2 is 2.04 bits per heavy atom. The topological polar surface area (TPSA) is 68.7 Å². The summed E-state index contributed by atoms with van der Waals surface area (Å²) in [5, 5.41) is 0. The van der Waals surface area contributed by atoms with Crippen molar-refractivity contribution in [1.29, 1.82) is 0 Å². The van der Waals surface area contributed by atoms with E-state index in [1.807, 2.05) is 24.0 Å². The molecule has 0 N–H and O–H groups in total. The third kappa shape index (κ3) is 5.47. The number of carbonyl (C=O) groups is 2. The van der Waals surface area contributed by atoms with Gasteiger partial charge in [-0.15, -0.1) is 11.8 Å². The van der Waals surface area contributed by atoms with Crippen LogP contribution in [0, 0.1) is 5.41 Å². The first-order chi connectivity index (χ1) is 13.6. The molecular weight excluding hydrogens is 376 g/mol. The number of thioether (sulfide) groups is 1. The Kier molecular flexibility index (Phi) is 7.73. The van der Waals surface area contributed by atoms with Crippen molar-refractivity contribution in [2.45, 2.75) is 56.4 Å². The van der Waals surface area contributed by atoms with Gasteiger partial charge in [0.15, 0.2) is 0 Å². The Morgan fingerprint density at radius 1 is 1.29 bits per heavy atom. The summed E-state index contributed by atoms with van der Waals surface area (Å²) in [7, 11) is 0. The third-order valence-corrected chi connectivity index (χ3v) is 6.68. The molecule has 0 bridgehead atoms. The number of esters is 1. The van der Waals surface area contributed by atoms with Crippen molar-refractivity contribution in [1.82, 2.24) is 9.88 Å². The lowest BCUT2D eigenvalue weighted by atomic mass is 9.73. The van der Waals surface area contributed by atoms with Gasteiger partial charge in [0.1, 0.15) is 0 Å². The van der Waals surface area contributed by atoms with Crippen molar-refractivity contribution in [3.8, 4) is 0 Å². The maximum atomic E-state index is 12.8. The molecule has 1 atom stereocenters. The second-order valence-electron chi connectivity index (χ2n) is 7.55. The number of rotatable bonds is 7. The SMILES string of the molecule is CCOC(=O)C1(CC2CCCCO2)CCN(C(=O)CSc2ccncc2)CC1. The minimum absolute atomic E-state index is 0.119. The number of aromatic nitrogens is 1. The zero-order valence-electron chi connectivity index (χ0n) is 16.6. The summed E-state index contributed by atoms with van der Waals surface area (Å²) in [6.07, 6.45) is 8.85. The minimum atomic E-state index is -0.521. The van der Waals surface area contributed by atoms with Crippen LogP contribution in [0.25, 0.3) is 0 Å². The smallest absolute Gasteiger partial charge is 0.312 e. The van der Waals surface area contributed by atoms with E-state index < -0.39 is 5.41 Å². The summed E-state index contributed by atoms with van der Waals surface area (Å²) >= 11 is 1.52. The van der Waals surface area contributed by atoms with Crippen LogP contribution in [0.2, 0.25) is 0 Å². The molecule has 0 spiro atoms. The molecule has 2 aliphatic heterocycles. The molecule has 2 aliphatic rings. The Morgan fingerprint density at radius 3 is 2.68 bits per heavy atom. The molecule has 0 aromatic carbocycles. The molecule has 7 heteroatoms. The number of hydrogen-bond donors (Lipinski definition) is 0. The number of likely N-dealkylation sites (tertiary alicyclic amines) is 1. The highest BCUT2D eigenvalue weighted by Gasteiger charge is 2.45. The first kappa shape index (κ1) is 21.1. The lowest BCUT2D eigenvalue weighted by Crippen LogP contribution is -2.49. The van der Waals surface area contributed by atoms with Gasteiger partial charge in [0.05, 0.1) is 23.9 Å². The highest BCUT2D eigenvalue weighted by molar-refractivity contribution is 8.00. The fraction of sp³-hybridized carbons (Fsp3) is 0.667. The standard InChI is InChI=1S/C21H30N2O4S/c1-2-26-20(25)21(15-17-5-3-4-14-27-17)8-12-23(13-9-21)19(24)16-28-18-6-10-22-11-7-18/h6-7,10-11,17H,2-5,8-9,12-16H2,1H3. The average molecular weight is 407 g/mol. The number of hydrogen-bond acceptors (Lipinski definition) is 6. The van der Waals surface area contributed by atoms with Crippen molar-refractivity contribution in [3.05, 3.63) is 24.5 Å². The molecule has 0 saturated carbocycles. The zero-order valence-corrected chi connectivity index (χ0v) is 17.4. The van der Waals surface area contributed by atoms with Gasteiger partial charge in [-0.25, -0.2) is 0 Å². The summed E-state index contributed by atoms with van der Waals surface area (Å²) in [4.78, 5) is 32.3. The van der Waals surface area contributed by atoms with Crippen LogP contribution >= 0.6 is 11.8 Å². The Hall–Kier alpha value is -1.60. The van der Waals surface area contributed by atoms with Crippen LogP contribution in [0.4, 0.5) is 0 Å². The van der Waals surface area contributed by atoms with Crippen LogP contribution in [0.5, 0.6) is 0 Å². The van der Waals surface area contributed by atoms with E-state index in [4.69, 9.17) is 9.47 Å². The molecule has 1 aromatic rings. The van der Waals surface area contributed by atoms with Crippen LogP contribution in [0.15, 0.2) is 29.4 Å².